The van der Waals surface area contributed by atoms with Crippen LogP contribution in [0.4, 0.5) is 5.69 Å². The first-order chi connectivity index (χ1) is 13.9. The van der Waals surface area contributed by atoms with Crippen LogP contribution in [0, 0.1) is 0 Å². The molecule has 2 aromatic carbocycles. The van der Waals surface area contributed by atoms with Gasteiger partial charge >= 0.3 is 0 Å². The molecule has 0 aromatic heterocycles. The van der Waals surface area contributed by atoms with Gasteiger partial charge in [0, 0.05) is 18.2 Å². The summed E-state index contributed by atoms with van der Waals surface area (Å²) in [5.74, 6) is -0.400. The first-order valence-corrected chi connectivity index (χ1v) is 9.70. The molecule has 1 heterocycles. The highest BCUT2D eigenvalue weighted by atomic mass is 32.2. The zero-order chi connectivity index (χ0) is 21.0. The Labute approximate surface area is 177 Å². The Morgan fingerprint density at radius 3 is 2.34 bits per heavy atom. The van der Waals surface area contributed by atoms with Crippen molar-refractivity contribution >= 4 is 57.8 Å². The van der Waals surface area contributed by atoms with E-state index in [-0.39, 0.29) is 10.2 Å². The Balaban J connectivity index is 1.70. The second kappa shape index (κ2) is 8.89. The van der Waals surface area contributed by atoms with E-state index >= 15 is 0 Å². The van der Waals surface area contributed by atoms with Gasteiger partial charge < -0.3 is 10.1 Å². The summed E-state index contributed by atoms with van der Waals surface area (Å²) in [6.07, 6.45) is 1.68. The summed E-state index contributed by atoms with van der Waals surface area (Å²) in [6.45, 7) is 1.43. The number of amides is 3. The molecule has 0 atom stereocenters. The molecule has 9 heteroatoms. The second-order valence-electron chi connectivity index (χ2n) is 5.99. The average Bonchev–Trinajstić information content (AvgIpc) is 2.96. The molecule has 0 radical (unpaired) electrons. The molecule has 3 rings (SSSR count). The Bertz CT molecular complexity index is 1000. The van der Waals surface area contributed by atoms with Gasteiger partial charge in [-0.15, -0.1) is 0 Å². The average molecular weight is 428 g/mol. The number of benzene rings is 2. The van der Waals surface area contributed by atoms with Crippen molar-refractivity contribution in [2.75, 3.05) is 12.4 Å². The number of thioether (sulfide) groups is 1. The van der Waals surface area contributed by atoms with Gasteiger partial charge in [-0.05, 0) is 60.3 Å². The predicted octanol–water partition coefficient (Wildman–Crippen LogP) is 3.20. The van der Waals surface area contributed by atoms with E-state index in [2.05, 4.69) is 10.7 Å². The summed E-state index contributed by atoms with van der Waals surface area (Å²) >= 11 is 6.33. The number of hydrazine groups is 1. The van der Waals surface area contributed by atoms with Crippen molar-refractivity contribution < 1.29 is 19.1 Å². The van der Waals surface area contributed by atoms with Crippen molar-refractivity contribution in [2.45, 2.75) is 6.92 Å². The van der Waals surface area contributed by atoms with Gasteiger partial charge in [-0.1, -0.05) is 23.9 Å². The van der Waals surface area contributed by atoms with Crippen molar-refractivity contribution in [1.82, 2.24) is 10.4 Å². The van der Waals surface area contributed by atoms with E-state index < -0.39 is 11.8 Å². The smallest absolute Gasteiger partial charge is 0.285 e. The van der Waals surface area contributed by atoms with E-state index in [0.29, 0.717) is 21.9 Å². The normalized spacial score (nSPS) is 14.8. The molecule has 1 fully saturated rings. The minimum Gasteiger partial charge on any atom is -0.497 e. The maximum Gasteiger partial charge on any atom is 0.285 e. The molecule has 0 spiro atoms. The summed E-state index contributed by atoms with van der Waals surface area (Å²) in [6, 6.07) is 13.5. The molecular formula is C20H17N3O4S2. The largest absolute Gasteiger partial charge is 0.497 e. The van der Waals surface area contributed by atoms with E-state index in [1.807, 2.05) is 0 Å². The van der Waals surface area contributed by atoms with Crippen molar-refractivity contribution in [3.63, 3.8) is 0 Å². The van der Waals surface area contributed by atoms with Gasteiger partial charge in [0.25, 0.3) is 11.8 Å². The summed E-state index contributed by atoms with van der Waals surface area (Å²) < 4.78 is 5.30. The third-order valence-electron chi connectivity index (χ3n) is 3.89. The third-order valence-corrected chi connectivity index (χ3v) is 5.19. The molecule has 0 unspecified atom stereocenters. The molecule has 29 heavy (non-hydrogen) atoms. The first kappa shape index (κ1) is 20.6. The lowest BCUT2D eigenvalue weighted by Crippen LogP contribution is -2.44. The van der Waals surface area contributed by atoms with Crippen molar-refractivity contribution in [2.24, 2.45) is 0 Å². The van der Waals surface area contributed by atoms with Crippen molar-refractivity contribution in [1.29, 1.82) is 0 Å². The number of hydrogen-bond acceptors (Lipinski definition) is 6. The Hall–Kier alpha value is -3.17. The first-order valence-electron chi connectivity index (χ1n) is 8.48. The van der Waals surface area contributed by atoms with E-state index in [0.717, 1.165) is 22.3 Å². The Morgan fingerprint density at radius 1 is 1.10 bits per heavy atom. The minimum absolute atomic E-state index is 0.161. The monoisotopic (exact) mass is 427 g/mol. The number of nitrogens with zero attached hydrogens (tertiary/aromatic N) is 1. The molecule has 1 aliphatic rings. The van der Waals surface area contributed by atoms with Crippen LogP contribution in [-0.4, -0.2) is 34.2 Å². The lowest BCUT2D eigenvalue weighted by atomic mass is 10.2. The number of carbonyl (C=O) groups is 3. The van der Waals surface area contributed by atoms with Crippen molar-refractivity contribution in [3.8, 4) is 5.75 Å². The van der Waals surface area contributed by atoms with E-state index in [1.165, 1.54) is 14.0 Å². The lowest BCUT2D eigenvalue weighted by Gasteiger charge is -2.15. The minimum atomic E-state index is -0.454. The molecule has 2 N–H and O–H groups in total. The number of thiocarbonyl (C=S) groups is 1. The molecule has 3 amide bonds. The molecule has 1 aliphatic heterocycles. The van der Waals surface area contributed by atoms with Crippen LogP contribution in [0.1, 0.15) is 22.8 Å². The zero-order valence-electron chi connectivity index (χ0n) is 15.6. The number of anilines is 1. The maximum atomic E-state index is 12.7. The Kier molecular flexibility index (Phi) is 6.30. The molecule has 2 aromatic rings. The van der Waals surface area contributed by atoms with Gasteiger partial charge in [0.15, 0.2) is 4.32 Å². The highest BCUT2D eigenvalue weighted by Crippen LogP contribution is 2.31. The summed E-state index contributed by atoms with van der Waals surface area (Å²) in [5.41, 5.74) is 4.33. The van der Waals surface area contributed by atoms with E-state index in [9.17, 15) is 14.4 Å². The van der Waals surface area contributed by atoms with Gasteiger partial charge in [0.1, 0.15) is 5.75 Å². The van der Waals surface area contributed by atoms with Crippen LogP contribution in [0.3, 0.4) is 0 Å². The van der Waals surface area contributed by atoms with Crippen LogP contribution >= 0.6 is 24.0 Å². The molecule has 148 valence electrons. The zero-order valence-corrected chi connectivity index (χ0v) is 17.2. The Morgan fingerprint density at radius 2 is 1.76 bits per heavy atom. The number of carbonyl (C=O) groups excluding carboxylic acids is 3. The maximum absolute atomic E-state index is 12.7. The third kappa shape index (κ3) is 5.01. The highest BCUT2D eigenvalue weighted by molar-refractivity contribution is 8.26. The number of rotatable bonds is 5. The number of ether oxygens (including phenoxy) is 1. The fourth-order valence-corrected chi connectivity index (χ4v) is 3.67. The topological polar surface area (TPSA) is 87.7 Å². The summed E-state index contributed by atoms with van der Waals surface area (Å²) in [4.78, 5) is 36.5. The summed E-state index contributed by atoms with van der Waals surface area (Å²) in [5, 5.41) is 3.74. The standard InChI is InChI=1S/C20H17N3O4S2/c1-12(24)21-15-7-3-13(4-8-15)11-17-19(26)23(20(28)29-17)22-18(25)14-5-9-16(27-2)10-6-14/h3-11H,1-2H3,(H,21,24)(H,22,25)/b17-11-. The van der Waals surface area contributed by atoms with E-state index in [1.54, 1.807) is 54.6 Å². The van der Waals surface area contributed by atoms with Gasteiger partial charge in [0.2, 0.25) is 5.91 Å². The number of hydrogen-bond donors (Lipinski definition) is 2. The second-order valence-corrected chi connectivity index (χ2v) is 7.67. The molecule has 0 bridgehead atoms. The molecule has 7 nitrogen and oxygen atoms in total. The van der Waals surface area contributed by atoms with Crippen LogP contribution in [-0.2, 0) is 9.59 Å². The molecular weight excluding hydrogens is 410 g/mol. The van der Waals surface area contributed by atoms with Crippen LogP contribution in [0.15, 0.2) is 53.4 Å². The van der Waals surface area contributed by atoms with E-state index in [4.69, 9.17) is 17.0 Å². The van der Waals surface area contributed by atoms with Crippen LogP contribution in [0.2, 0.25) is 0 Å². The summed E-state index contributed by atoms with van der Waals surface area (Å²) in [7, 11) is 1.54. The molecule has 0 aliphatic carbocycles. The lowest BCUT2D eigenvalue weighted by molar-refractivity contribution is -0.123. The quantitative estimate of drug-likeness (QED) is 0.563. The number of nitrogens with one attached hydrogen (secondary N) is 2. The highest BCUT2D eigenvalue weighted by Gasteiger charge is 2.33. The molecule has 1 saturated heterocycles. The fourth-order valence-electron chi connectivity index (χ4n) is 2.49. The van der Waals surface area contributed by atoms with Gasteiger partial charge in [-0.25, -0.2) is 0 Å². The van der Waals surface area contributed by atoms with Gasteiger partial charge in [0.05, 0.1) is 12.0 Å². The van der Waals surface area contributed by atoms with Crippen LogP contribution in [0.25, 0.3) is 6.08 Å². The van der Waals surface area contributed by atoms with Gasteiger partial charge in [-0.2, -0.15) is 5.01 Å². The molecule has 0 saturated carbocycles. The van der Waals surface area contributed by atoms with Crippen molar-refractivity contribution in [3.05, 3.63) is 64.6 Å². The fraction of sp³-hybridized carbons (Fsp3) is 0.100. The van der Waals surface area contributed by atoms with Gasteiger partial charge in [-0.3, -0.25) is 19.8 Å². The SMILES string of the molecule is COc1ccc(C(=O)NN2C(=O)/C(=C/c3ccc(NC(C)=O)cc3)SC2=S)cc1. The van der Waals surface area contributed by atoms with Crippen LogP contribution < -0.4 is 15.5 Å². The predicted molar refractivity (Wildman–Crippen MR) is 116 cm³/mol. The number of methoxy groups -OCH3 is 1. The van der Waals surface area contributed by atoms with Crippen LogP contribution in [0.5, 0.6) is 5.75 Å².